The summed E-state index contributed by atoms with van der Waals surface area (Å²) in [5.74, 6) is -1.78. The standard InChI is InChI=1S/C30H37N7O7S/c31-30(32)36-12-3-4-18(17-36)16-34-24(38)15-23(35-45(43,44)22-10-7-19-5-1-2-6-20(19)14-22)29(42)37(21-8-9-21)13-11-33-25-26(39)28(41)27(25)40/h1-2,5-7,10,14,18,21,23,33,35,39H,3-4,8-9,11-13,15-17H2,(H3,31,32)(H,34,38)/t18-,23-/m0/s1. The zero-order valence-electron chi connectivity index (χ0n) is 24.6. The van der Waals surface area contributed by atoms with E-state index in [1.165, 1.54) is 17.0 Å². The number of hydrogen-bond donors (Lipinski definition) is 6. The molecule has 0 radical (unpaired) electrons. The molecule has 1 heterocycles. The van der Waals surface area contributed by atoms with E-state index in [9.17, 15) is 32.7 Å². The van der Waals surface area contributed by atoms with E-state index < -0.39 is 50.9 Å². The Morgan fingerprint density at radius 1 is 1.09 bits per heavy atom. The quantitative estimate of drug-likeness (QED) is 0.0836. The highest BCUT2D eigenvalue weighted by molar-refractivity contribution is 7.89. The van der Waals surface area contributed by atoms with Crippen molar-refractivity contribution in [2.75, 3.05) is 38.0 Å². The molecule has 0 spiro atoms. The molecule has 0 aromatic heterocycles. The van der Waals surface area contributed by atoms with Crippen LogP contribution < -0.4 is 31.9 Å². The monoisotopic (exact) mass is 639 g/mol. The molecule has 45 heavy (non-hydrogen) atoms. The Kier molecular flexibility index (Phi) is 9.39. The largest absolute Gasteiger partial charge is 0.502 e. The van der Waals surface area contributed by atoms with Crippen molar-refractivity contribution < 1.29 is 23.1 Å². The van der Waals surface area contributed by atoms with Crippen molar-refractivity contribution in [2.45, 2.75) is 49.1 Å². The van der Waals surface area contributed by atoms with E-state index >= 15 is 0 Å². The summed E-state index contributed by atoms with van der Waals surface area (Å²) >= 11 is 0. The van der Waals surface area contributed by atoms with E-state index in [-0.39, 0.29) is 48.1 Å². The van der Waals surface area contributed by atoms with Gasteiger partial charge in [-0.1, -0.05) is 30.3 Å². The first-order chi connectivity index (χ1) is 21.4. The van der Waals surface area contributed by atoms with Gasteiger partial charge in [-0.3, -0.25) is 24.6 Å². The zero-order chi connectivity index (χ0) is 32.3. The average molecular weight is 640 g/mol. The summed E-state index contributed by atoms with van der Waals surface area (Å²) in [6.45, 7) is 1.52. The van der Waals surface area contributed by atoms with Gasteiger partial charge >= 0.3 is 0 Å². The van der Waals surface area contributed by atoms with Crippen LogP contribution in [-0.2, 0) is 19.6 Å². The molecular weight excluding hydrogens is 602 g/mol. The smallest absolute Gasteiger partial charge is 0.271 e. The van der Waals surface area contributed by atoms with Crippen molar-refractivity contribution in [2.24, 2.45) is 11.7 Å². The maximum Gasteiger partial charge on any atom is 0.271 e. The number of rotatable bonds is 13. The number of nitrogens with one attached hydrogen (secondary N) is 4. The van der Waals surface area contributed by atoms with Crippen molar-refractivity contribution in [3.63, 3.8) is 0 Å². The summed E-state index contributed by atoms with van der Waals surface area (Å²) in [6, 6.07) is 10.2. The topological polar surface area (TPSA) is 215 Å². The molecule has 0 bridgehead atoms. The fourth-order valence-electron chi connectivity index (χ4n) is 5.64. The van der Waals surface area contributed by atoms with E-state index in [4.69, 9.17) is 11.1 Å². The highest BCUT2D eigenvalue weighted by Crippen LogP contribution is 2.28. The number of likely N-dealkylation sites (tertiary alicyclic amines) is 1. The van der Waals surface area contributed by atoms with Crippen LogP contribution in [-0.4, -0.2) is 85.9 Å². The number of hydrogen-bond acceptors (Lipinski definition) is 9. The molecule has 3 aromatic rings. The number of benzene rings is 2. The van der Waals surface area contributed by atoms with E-state index in [2.05, 4.69) is 15.4 Å². The van der Waals surface area contributed by atoms with Gasteiger partial charge in [-0.15, -0.1) is 0 Å². The molecule has 5 rings (SSSR count). The molecule has 2 amide bonds. The minimum Gasteiger partial charge on any atom is -0.502 e. The number of amides is 2. The fourth-order valence-corrected chi connectivity index (χ4v) is 6.86. The van der Waals surface area contributed by atoms with Crippen molar-refractivity contribution in [3.8, 4) is 5.75 Å². The van der Waals surface area contributed by atoms with Crippen LogP contribution in [0.25, 0.3) is 10.8 Å². The Hall–Kier alpha value is -4.50. The van der Waals surface area contributed by atoms with E-state index in [0.717, 1.165) is 18.2 Å². The number of sulfonamides is 1. The summed E-state index contributed by atoms with van der Waals surface area (Å²) in [6.07, 6.45) is 2.54. The average Bonchev–Trinajstić information content (AvgIpc) is 3.88. The maximum atomic E-state index is 13.9. The minimum absolute atomic E-state index is 0.0192. The summed E-state index contributed by atoms with van der Waals surface area (Å²) in [4.78, 5) is 53.2. The number of aromatic hydroxyl groups is 1. The number of carbonyl (C=O) groups is 2. The highest BCUT2D eigenvalue weighted by atomic mass is 32.2. The minimum atomic E-state index is -4.24. The molecule has 2 aliphatic rings. The number of guanidine groups is 1. The zero-order valence-corrected chi connectivity index (χ0v) is 25.4. The molecule has 3 aromatic carbocycles. The van der Waals surface area contributed by atoms with Crippen molar-refractivity contribution in [1.82, 2.24) is 19.8 Å². The van der Waals surface area contributed by atoms with Crippen LogP contribution in [0.5, 0.6) is 5.75 Å². The predicted molar refractivity (Wildman–Crippen MR) is 168 cm³/mol. The summed E-state index contributed by atoms with van der Waals surface area (Å²) in [5.41, 5.74) is 3.57. The third-order valence-corrected chi connectivity index (χ3v) is 9.74. The molecule has 14 nitrogen and oxygen atoms in total. The molecular formula is C30H37N7O7S. The van der Waals surface area contributed by atoms with Gasteiger partial charge in [-0.05, 0) is 54.5 Å². The molecule has 1 aliphatic heterocycles. The van der Waals surface area contributed by atoms with Crippen LogP contribution in [0.15, 0.2) is 56.9 Å². The molecule has 240 valence electrons. The van der Waals surface area contributed by atoms with Gasteiger partial charge in [0.05, 0.1) is 11.3 Å². The van der Waals surface area contributed by atoms with Gasteiger partial charge in [0.25, 0.3) is 10.9 Å². The summed E-state index contributed by atoms with van der Waals surface area (Å²) < 4.78 is 29.6. The summed E-state index contributed by atoms with van der Waals surface area (Å²) in [5, 5.41) is 24.4. The number of carbonyl (C=O) groups excluding carboxylic acids is 2. The number of nitrogens with two attached hydrogens (primary N) is 1. The third kappa shape index (κ3) is 7.42. The molecule has 1 saturated heterocycles. The number of anilines is 1. The van der Waals surface area contributed by atoms with Crippen LogP contribution in [0.3, 0.4) is 0 Å². The SMILES string of the molecule is N=C(N)N1CCC[C@@H](CNC(=O)C[C@H](NS(=O)(=O)c2ccc3ccccc3c2)C(=O)N(CCNc2c(O)c(=O)c2=O)C2CC2)C1. The normalized spacial score (nSPS) is 17.6. The second kappa shape index (κ2) is 13.2. The Balaban J connectivity index is 1.31. The lowest BCUT2D eigenvalue weighted by atomic mass is 9.98. The molecule has 2 fully saturated rings. The van der Waals surface area contributed by atoms with Gasteiger partial charge in [0.15, 0.2) is 11.7 Å². The lowest BCUT2D eigenvalue weighted by molar-refractivity contribution is -0.136. The van der Waals surface area contributed by atoms with Crippen LogP contribution >= 0.6 is 0 Å². The summed E-state index contributed by atoms with van der Waals surface area (Å²) in [7, 11) is -4.24. The number of piperidine rings is 1. The molecule has 1 saturated carbocycles. The molecule has 15 heteroatoms. The number of fused-ring (bicyclic) bond motifs is 1. The van der Waals surface area contributed by atoms with Gasteiger partial charge in [-0.25, -0.2) is 8.42 Å². The van der Waals surface area contributed by atoms with Crippen molar-refractivity contribution in [3.05, 3.63) is 62.9 Å². The number of nitrogens with zero attached hydrogens (tertiary/aromatic N) is 2. The first kappa shape index (κ1) is 31.9. The van der Waals surface area contributed by atoms with Gasteiger partial charge in [0.2, 0.25) is 21.8 Å². The Morgan fingerprint density at radius 3 is 2.51 bits per heavy atom. The van der Waals surface area contributed by atoms with Crippen molar-refractivity contribution in [1.29, 1.82) is 5.41 Å². The molecule has 1 aliphatic carbocycles. The first-order valence-electron chi connectivity index (χ1n) is 14.9. The Morgan fingerprint density at radius 2 is 1.82 bits per heavy atom. The van der Waals surface area contributed by atoms with Gasteiger partial charge in [-0.2, -0.15) is 4.72 Å². The molecule has 7 N–H and O–H groups in total. The lowest BCUT2D eigenvalue weighted by Gasteiger charge is -2.33. The van der Waals surface area contributed by atoms with E-state index in [1.807, 2.05) is 12.1 Å². The van der Waals surface area contributed by atoms with Crippen LogP contribution in [0.2, 0.25) is 0 Å². The predicted octanol–water partition coefficient (Wildman–Crippen LogP) is 0.00317. The molecule has 0 unspecified atom stereocenters. The lowest BCUT2D eigenvalue weighted by Crippen LogP contribution is -2.52. The Labute approximate surface area is 259 Å². The van der Waals surface area contributed by atoms with Crippen LogP contribution in [0.1, 0.15) is 32.1 Å². The molecule has 2 atom stereocenters. The van der Waals surface area contributed by atoms with Gasteiger partial charge in [0, 0.05) is 38.8 Å². The maximum absolute atomic E-state index is 13.9. The first-order valence-corrected chi connectivity index (χ1v) is 16.4. The second-order valence-corrected chi connectivity index (χ2v) is 13.3. The van der Waals surface area contributed by atoms with Gasteiger partial charge < -0.3 is 31.3 Å². The van der Waals surface area contributed by atoms with E-state index in [0.29, 0.717) is 31.3 Å². The third-order valence-electron chi connectivity index (χ3n) is 8.27. The fraction of sp³-hybridized carbons (Fsp3) is 0.433. The Bertz CT molecular complexity index is 1780. The van der Waals surface area contributed by atoms with Crippen molar-refractivity contribution >= 4 is 44.3 Å². The highest BCUT2D eigenvalue weighted by Gasteiger charge is 2.38. The van der Waals surface area contributed by atoms with Crippen LogP contribution in [0, 0.1) is 11.3 Å². The van der Waals surface area contributed by atoms with Gasteiger partial charge in [0.1, 0.15) is 11.7 Å². The van der Waals surface area contributed by atoms with Crippen LogP contribution in [0.4, 0.5) is 5.69 Å². The second-order valence-electron chi connectivity index (χ2n) is 11.6. The van der Waals surface area contributed by atoms with E-state index in [1.54, 1.807) is 23.1 Å².